The molecule has 3 heteroatoms. The van der Waals surface area contributed by atoms with Crippen molar-refractivity contribution in [3.05, 3.63) is 212 Å². The minimum Gasteiger partial charge on any atom is -0.311 e. The van der Waals surface area contributed by atoms with Crippen LogP contribution in [0.4, 0.5) is 34.1 Å². The molecule has 0 fully saturated rings. The fourth-order valence-electron chi connectivity index (χ4n) is 7.19. The zero-order valence-corrected chi connectivity index (χ0v) is 28.0. The van der Waals surface area contributed by atoms with Crippen molar-refractivity contribution in [3.8, 4) is 16.8 Å². The van der Waals surface area contributed by atoms with Gasteiger partial charge in [0.15, 0.2) is 0 Å². The molecule has 3 nitrogen and oxygen atoms in total. The van der Waals surface area contributed by atoms with Gasteiger partial charge >= 0.3 is 0 Å². The Kier molecular flexibility index (Phi) is 7.84. The van der Waals surface area contributed by atoms with Crippen LogP contribution < -0.4 is 9.80 Å². The van der Waals surface area contributed by atoms with Crippen LogP contribution in [-0.4, -0.2) is 4.57 Å². The number of hydrogen-bond donors (Lipinski definition) is 0. The van der Waals surface area contributed by atoms with Gasteiger partial charge in [-0.3, -0.25) is 0 Å². The Morgan fingerprint density at radius 3 is 1.24 bits per heavy atom. The summed E-state index contributed by atoms with van der Waals surface area (Å²) in [5.74, 6) is 0. The van der Waals surface area contributed by atoms with E-state index >= 15 is 0 Å². The second-order valence-electron chi connectivity index (χ2n) is 12.7. The average Bonchev–Trinajstić information content (AvgIpc) is 3.54. The number of benzene rings is 8. The fraction of sp³-hybridized carbons (Fsp3) is 0. The molecule has 0 saturated carbocycles. The summed E-state index contributed by atoms with van der Waals surface area (Å²) in [6.07, 6.45) is 0. The highest BCUT2D eigenvalue weighted by atomic mass is 15.1. The van der Waals surface area contributed by atoms with Crippen molar-refractivity contribution in [2.75, 3.05) is 9.80 Å². The number of anilines is 6. The molecular weight excluding hydrogens is 619 g/mol. The van der Waals surface area contributed by atoms with Gasteiger partial charge in [-0.1, -0.05) is 121 Å². The Hall–Kier alpha value is -6.84. The first-order valence-corrected chi connectivity index (χ1v) is 17.4. The SMILES string of the molecule is c1ccc(-c2ccc(N(c3ccccc3)c3ccc(-n4c5ccccc5c5ccc(N(c6ccccc6)c6ccccc6)cc54)cc3)cc2)cc1. The number of aromatic nitrogens is 1. The van der Waals surface area contributed by atoms with Crippen molar-refractivity contribution >= 4 is 55.9 Å². The third-order valence-electron chi connectivity index (χ3n) is 9.56. The number of nitrogens with zero attached hydrogens (tertiary/aromatic N) is 3. The minimum absolute atomic E-state index is 1.10. The molecule has 0 aliphatic carbocycles. The Morgan fingerprint density at radius 2 is 0.667 bits per heavy atom. The van der Waals surface area contributed by atoms with E-state index in [9.17, 15) is 0 Å². The monoisotopic (exact) mass is 653 g/mol. The van der Waals surface area contributed by atoms with Crippen LogP contribution in [0.5, 0.6) is 0 Å². The van der Waals surface area contributed by atoms with Gasteiger partial charge in [-0.25, -0.2) is 0 Å². The van der Waals surface area contributed by atoms with Crippen molar-refractivity contribution < 1.29 is 0 Å². The maximum absolute atomic E-state index is 2.40. The van der Waals surface area contributed by atoms with Gasteiger partial charge < -0.3 is 14.4 Å². The van der Waals surface area contributed by atoms with Gasteiger partial charge in [0.25, 0.3) is 0 Å². The van der Waals surface area contributed by atoms with E-state index in [0.29, 0.717) is 0 Å². The number of hydrogen-bond acceptors (Lipinski definition) is 2. The molecule has 0 unspecified atom stereocenters. The largest absolute Gasteiger partial charge is 0.311 e. The van der Waals surface area contributed by atoms with Crippen molar-refractivity contribution in [3.63, 3.8) is 0 Å². The van der Waals surface area contributed by atoms with Crippen molar-refractivity contribution in [2.24, 2.45) is 0 Å². The summed E-state index contributed by atoms with van der Waals surface area (Å²) < 4.78 is 2.40. The topological polar surface area (TPSA) is 11.4 Å². The molecule has 8 aromatic carbocycles. The Morgan fingerprint density at radius 1 is 0.275 bits per heavy atom. The van der Waals surface area contributed by atoms with Gasteiger partial charge in [0.1, 0.15) is 0 Å². The molecule has 0 aliphatic rings. The van der Waals surface area contributed by atoms with Crippen LogP contribution in [0.2, 0.25) is 0 Å². The third kappa shape index (κ3) is 5.71. The van der Waals surface area contributed by atoms with Gasteiger partial charge in [0.05, 0.1) is 11.0 Å². The average molecular weight is 654 g/mol. The predicted molar refractivity (Wildman–Crippen MR) is 216 cm³/mol. The van der Waals surface area contributed by atoms with Crippen LogP contribution in [-0.2, 0) is 0 Å². The molecule has 0 spiro atoms. The predicted octanol–water partition coefficient (Wildman–Crippen LogP) is 13.4. The van der Waals surface area contributed by atoms with Gasteiger partial charge in [0.2, 0.25) is 0 Å². The molecule has 0 amide bonds. The van der Waals surface area contributed by atoms with Gasteiger partial charge in [-0.15, -0.1) is 0 Å². The lowest BCUT2D eigenvalue weighted by atomic mass is 10.0. The molecule has 1 heterocycles. The number of para-hydroxylation sites is 4. The van der Waals surface area contributed by atoms with Crippen LogP contribution in [0.25, 0.3) is 38.6 Å². The molecular formula is C48H35N3. The Bertz CT molecular complexity index is 2500. The quantitative estimate of drug-likeness (QED) is 0.162. The smallest absolute Gasteiger partial charge is 0.0561 e. The van der Waals surface area contributed by atoms with Crippen LogP contribution in [0.3, 0.4) is 0 Å². The van der Waals surface area contributed by atoms with Crippen LogP contribution >= 0.6 is 0 Å². The first-order chi connectivity index (χ1) is 25.3. The summed E-state index contributed by atoms with van der Waals surface area (Å²) in [4.78, 5) is 4.64. The van der Waals surface area contributed by atoms with Gasteiger partial charge in [0, 0.05) is 50.6 Å². The van der Waals surface area contributed by atoms with E-state index in [1.54, 1.807) is 0 Å². The molecule has 0 atom stereocenters. The lowest BCUT2D eigenvalue weighted by Crippen LogP contribution is -2.10. The van der Waals surface area contributed by atoms with E-state index in [-0.39, 0.29) is 0 Å². The maximum Gasteiger partial charge on any atom is 0.0561 e. The zero-order chi connectivity index (χ0) is 34.0. The molecule has 1 aromatic heterocycles. The van der Waals surface area contributed by atoms with Crippen LogP contribution in [0.15, 0.2) is 212 Å². The second kappa shape index (κ2) is 13.2. The fourth-order valence-corrected chi connectivity index (χ4v) is 7.19. The molecule has 242 valence electrons. The van der Waals surface area contributed by atoms with Gasteiger partial charge in [-0.2, -0.15) is 0 Å². The lowest BCUT2D eigenvalue weighted by Gasteiger charge is -2.26. The summed E-state index contributed by atoms with van der Waals surface area (Å²) in [5.41, 5.74) is 12.5. The molecule has 0 saturated heterocycles. The lowest BCUT2D eigenvalue weighted by molar-refractivity contribution is 1.17. The van der Waals surface area contributed by atoms with E-state index in [2.05, 4.69) is 227 Å². The van der Waals surface area contributed by atoms with Crippen LogP contribution in [0.1, 0.15) is 0 Å². The highest BCUT2D eigenvalue weighted by Crippen LogP contribution is 2.41. The van der Waals surface area contributed by atoms with E-state index in [0.717, 1.165) is 45.3 Å². The Balaban J connectivity index is 1.16. The van der Waals surface area contributed by atoms with Crippen molar-refractivity contribution in [1.82, 2.24) is 4.57 Å². The zero-order valence-electron chi connectivity index (χ0n) is 28.0. The third-order valence-corrected chi connectivity index (χ3v) is 9.56. The van der Waals surface area contributed by atoms with Crippen molar-refractivity contribution in [1.29, 1.82) is 0 Å². The second-order valence-corrected chi connectivity index (χ2v) is 12.7. The van der Waals surface area contributed by atoms with Gasteiger partial charge in [-0.05, 0) is 102 Å². The molecule has 0 bridgehead atoms. The summed E-state index contributed by atoms with van der Waals surface area (Å²) >= 11 is 0. The highest BCUT2D eigenvalue weighted by molar-refractivity contribution is 6.10. The Labute approximate surface area is 298 Å². The van der Waals surface area contributed by atoms with E-state index in [4.69, 9.17) is 0 Å². The summed E-state index contributed by atoms with van der Waals surface area (Å²) in [7, 11) is 0. The summed E-state index contributed by atoms with van der Waals surface area (Å²) in [6.45, 7) is 0. The molecule has 0 aliphatic heterocycles. The maximum atomic E-state index is 2.40. The first kappa shape index (κ1) is 30.2. The number of rotatable bonds is 8. The normalized spacial score (nSPS) is 11.1. The minimum atomic E-state index is 1.10. The van der Waals surface area contributed by atoms with E-state index in [1.807, 2.05) is 0 Å². The summed E-state index contributed by atoms with van der Waals surface area (Å²) in [6, 6.07) is 75.6. The summed E-state index contributed by atoms with van der Waals surface area (Å²) in [5, 5.41) is 2.46. The van der Waals surface area contributed by atoms with Crippen molar-refractivity contribution in [2.45, 2.75) is 0 Å². The molecule has 0 N–H and O–H groups in total. The molecule has 9 rings (SSSR count). The van der Waals surface area contributed by atoms with E-state index in [1.165, 1.54) is 27.4 Å². The standard InChI is InChI=1S/C48H35N3/c1-5-15-36(16-6-1)37-25-27-41(28-26-37)49(38-17-7-2-8-18-38)42-29-31-43(32-30-42)51-47-24-14-13-23-45(47)46-34-33-44(35-48(46)51)50(39-19-9-3-10-20-39)40-21-11-4-12-22-40/h1-35H. The van der Waals surface area contributed by atoms with E-state index < -0.39 is 0 Å². The van der Waals surface area contributed by atoms with Crippen LogP contribution in [0, 0.1) is 0 Å². The molecule has 0 radical (unpaired) electrons. The number of fused-ring (bicyclic) bond motifs is 3. The molecule has 51 heavy (non-hydrogen) atoms. The first-order valence-electron chi connectivity index (χ1n) is 17.4. The highest BCUT2D eigenvalue weighted by Gasteiger charge is 2.18. The molecule has 9 aromatic rings.